The maximum Gasteiger partial charge on any atom is 0.249 e. The van der Waals surface area contributed by atoms with E-state index in [1.807, 2.05) is 0 Å². The molecule has 6 nitrogen and oxygen atoms in total. The molecule has 1 amide bonds. The van der Waals surface area contributed by atoms with Gasteiger partial charge in [0.25, 0.3) is 0 Å². The molecule has 8 heteroatoms. The number of hydrogen-bond donors (Lipinski definition) is 2. The first-order chi connectivity index (χ1) is 8.31. The van der Waals surface area contributed by atoms with Crippen molar-refractivity contribution in [2.45, 2.75) is 4.90 Å². The van der Waals surface area contributed by atoms with Crippen molar-refractivity contribution in [2.24, 2.45) is 0 Å². The molecule has 0 atom stereocenters. The van der Waals surface area contributed by atoms with E-state index >= 15 is 0 Å². The molecule has 2 N–H and O–H groups in total. The van der Waals surface area contributed by atoms with Crippen LogP contribution in [-0.4, -0.2) is 40.0 Å². The summed E-state index contributed by atoms with van der Waals surface area (Å²) in [4.78, 5) is 11.2. The number of carbonyl (C=O) groups excluding carboxylic acids is 1. The minimum absolute atomic E-state index is 0.0958. The van der Waals surface area contributed by atoms with Crippen molar-refractivity contribution in [3.8, 4) is 0 Å². The third-order valence-corrected chi connectivity index (χ3v) is 3.31. The number of benzene rings is 1. The molecule has 0 radical (unpaired) electrons. The molecule has 1 aromatic rings. The zero-order valence-corrected chi connectivity index (χ0v) is 10.8. The number of rotatable bonds is 5. The fourth-order valence-electron chi connectivity index (χ4n) is 1.15. The van der Waals surface area contributed by atoms with E-state index in [0.29, 0.717) is 0 Å². The lowest BCUT2D eigenvalue weighted by Crippen LogP contribution is -2.42. The van der Waals surface area contributed by atoms with Crippen molar-refractivity contribution in [3.05, 3.63) is 30.1 Å². The van der Waals surface area contributed by atoms with E-state index < -0.39 is 28.3 Å². The van der Waals surface area contributed by atoms with Gasteiger partial charge < -0.3 is 0 Å². The first-order valence-electron chi connectivity index (χ1n) is 5.03. The van der Waals surface area contributed by atoms with Gasteiger partial charge in [0.15, 0.2) is 0 Å². The Bertz CT molecular complexity index is 514. The molecule has 0 aliphatic rings. The summed E-state index contributed by atoms with van der Waals surface area (Å²) >= 11 is 0. The Labute approximate surface area is 105 Å². The van der Waals surface area contributed by atoms with E-state index in [4.69, 9.17) is 0 Å². The van der Waals surface area contributed by atoms with E-state index in [0.717, 1.165) is 24.3 Å². The van der Waals surface area contributed by atoms with Gasteiger partial charge in [0.2, 0.25) is 15.9 Å². The summed E-state index contributed by atoms with van der Waals surface area (Å²) in [6.07, 6.45) is 0. The first-order valence-corrected chi connectivity index (χ1v) is 6.51. The number of halogens is 1. The Hall–Kier alpha value is -1.51. The van der Waals surface area contributed by atoms with Crippen molar-refractivity contribution in [1.82, 2.24) is 15.2 Å². The summed E-state index contributed by atoms with van der Waals surface area (Å²) in [5.41, 5.74) is 2.38. The van der Waals surface area contributed by atoms with Gasteiger partial charge in [0, 0.05) is 14.1 Å². The summed E-state index contributed by atoms with van der Waals surface area (Å²) in [6, 6.07) is 4.33. The predicted molar refractivity (Wildman–Crippen MR) is 63.4 cm³/mol. The average Bonchev–Trinajstić information content (AvgIpc) is 2.26. The molecular weight excluding hydrogens is 261 g/mol. The van der Waals surface area contributed by atoms with Crippen LogP contribution in [0.25, 0.3) is 0 Å². The molecule has 1 aromatic carbocycles. The number of carbonyl (C=O) groups is 1. The number of amides is 1. The third kappa shape index (κ3) is 4.40. The van der Waals surface area contributed by atoms with E-state index in [-0.39, 0.29) is 4.90 Å². The molecule has 0 aliphatic heterocycles. The monoisotopic (exact) mass is 275 g/mol. The van der Waals surface area contributed by atoms with Crippen molar-refractivity contribution < 1.29 is 17.6 Å². The van der Waals surface area contributed by atoms with Crippen LogP contribution in [-0.2, 0) is 14.8 Å². The molecule has 100 valence electrons. The Morgan fingerprint density at radius 1 is 1.28 bits per heavy atom. The molecule has 0 spiro atoms. The van der Waals surface area contributed by atoms with Gasteiger partial charge in [0.05, 0.1) is 11.4 Å². The Morgan fingerprint density at radius 2 is 1.83 bits per heavy atom. The first kappa shape index (κ1) is 14.6. The van der Waals surface area contributed by atoms with E-state index in [2.05, 4.69) is 10.1 Å². The molecule has 0 fully saturated rings. The zero-order valence-electron chi connectivity index (χ0n) is 9.97. The Balaban J connectivity index is 2.66. The fourth-order valence-corrected chi connectivity index (χ4v) is 2.13. The van der Waals surface area contributed by atoms with Crippen LogP contribution in [0.4, 0.5) is 4.39 Å². The van der Waals surface area contributed by atoms with E-state index in [1.165, 1.54) is 5.01 Å². The molecule has 18 heavy (non-hydrogen) atoms. The lowest BCUT2D eigenvalue weighted by Gasteiger charge is -2.12. The molecule has 1 rings (SSSR count). The average molecular weight is 275 g/mol. The van der Waals surface area contributed by atoms with Crippen LogP contribution in [0.2, 0.25) is 0 Å². The summed E-state index contributed by atoms with van der Waals surface area (Å²) in [6.45, 7) is -0.391. The standard InChI is InChI=1S/C10H14FN3O3S/c1-14(2)13-10(15)7-12-18(16,17)9-5-3-8(11)4-6-9/h3-6,12H,7H2,1-2H3,(H,13,15). The Morgan fingerprint density at radius 3 is 2.33 bits per heavy atom. The van der Waals surface area contributed by atoms with Gasteiger partial charge in [-0.1, -0.05) is 0 Å². The smallest absolute Gasteiger partial charge is 0.249 e. The maximum atomic E-state index is 12.6. The quantitative estimate of drug-likeness (QED) is 0.723. The number of nitrogens with zero attached hydrogens (tertiary/aromatic N) is 1. The van der Waals surface area contributed by atoms with Crippen LogP contribution in [0, 0.1) is 5.82 Å². The lowest BCUT2D eigenvalue weighted by atomic mass is 10.4. The maximum absolute atomic E-state index is 12.6. The second-order valence-electron chi connectivity index (χ2n) is 3.71. The highest BCUT2D eigenvalue weighted by molar-refractivity contribution is 7.89. The van der Waals surface area contributed by atoms with Crippen LogP contribution < -0.4 is 10.1 Å². The van der Waals surface area contributed by atoms with Crippen LogP contribution in [0.1, 0.15) is 0 Å². The molecule has 0 heterocycles. The molecule has 0 aromatic heterocycles. The van der Waals surface area contributed by atoms with Crippen LogP contribution in [0.5, 0.6) is 0 Å². The van der Waals surface area contributed by atoms with Gasteiger partial charge in [-0.2, -0.15) is 0 Å². The summed E-state index contributed by atoms with van der Waals surface area (Å²) in [5.74, 6) is -1.02. The van der Waals surface area contributed by atoms with Crippen LogP contribution >= 0.6 is 0 Å². The highest BCUT2D eigenvalue weighted by Gasteiger charge is 2.15. The van der Waals surface area contributed by atoms with E-state index in [1.54, 1.807) is 14.1 Å². The van der Waals surface area contributed by atoms with Gasteiger partial charge in [-0.05, 0) is 24.3 Å². The van der Waals surface area contributed by atoms with Crippen molar-refractivity contribution in [3.63, 3.8) is 0 Å². The fraction of sp³-hybridized carbons (Fsp3) is 0.300. The van der Waals surface area contributed by atoms with Gasteiger partial charge in [-0.15, -0.1) is 0 Å². The third-order valence-electron chi connectivity index (χ3n) is 1.89. The summed E-state index contributed by atoms with van der Waals surface area (Å²) in [5, 5.41) is 1.40. The second kappa shape index (κ2) is 5.89. The molecule has 0 saturated carbocycles. The second-order valence-corrected chi connectivity index (χ2v) is 5.47. The van der Waals surface area contributed by atoms with Crippen LogP contribution in [0.15, 0.2) is 29.2 Å². The minimum Gasteiger partial charge on any atom is -0.288 e. The van der Waals surface area contributed by atoms with Crippen molar-refractivity contribution in [1.29, 1.82) is 0 Å². The van der Waals surface area contributed by atoms with E-state index in [9.17, 15) is 17.6 Å². The zero-order chi connectivity index (χ0) is 13.8. The molecule has 0 saturated heterocycles. The van der Waals surface area contributed by atoms with Crippen LogP contribution in [0.3, 0.4) is 0 Å². The number of nitrogens with one attached hydrogen (secondary N) is 2. The molecule has 0 bridgehead atoms. The minimum atomic E-state index is -3.80. The number of sulfonamides is 1. The van der Waals surface area contributed by atoms with Crippen molar-refractivity contribution in [2.75, 3.05) is 20.6 Å². The normalized spacial score (nSPS) is 11.6. The van der Waals surface area contributed by atoms with Gasteiger partial charge in [0.1, 0.15) is 5.82 Å². The van der Waals surface area contributed by atoms with Gasteiger partial charge >= 0.3 is 0 Å². The SMILES string of the molecule is CN(C)NC(=O)CNS(=O)(=O)c1ccc(F)cc1. The topological polar surface area (TPSA) is 78.5 Å². The summed E-state index contributed by atoms with van der Waals surface area (Å²) < 4.78 is 38.2. The number of hydrogen-bond acceptors (Lipinski definition) is 4. The largest absolute Gasteiger partial charge is 0.288 e. The molecular formula is C10H14FN3O3S. The number of hydrazine groups is 1. The Kier molecular flexibility index (Phi) is 4.76. The summed E-state index contributed by atoms with van der Waals surface area (Å²) in [7, 11) is -0.597. The highest BCUT2D eigenvalue weighted by atomic mass is 32.2. The lowest BCUT2D eigenvalue weighted by molar-refractivity contribution is -0.123. The highest BCUT2D eigenvalue weighted by Crippen LogP contribution is 2.08. The van der Waals surface area contributed by atoms with Gasteiger partial charge in [-0.25, -0.2) is 22.5 Å². The van der Waals surface area contributed by atoms with Gasteiger partial charge in [-0.3, -0.25) is 10.2 Å². The predicted octanol–water partition coefficient (Wildman–Crippen LogP) is -0.303. The van der Waals surface area contributed by atoms with Crippen molar-refractivity contribution >= 4 is 15.9 Å². The molecule has 0 aliphatic carbocycles. The molecule has 0 unspecified atom stereocenters.